The molecule has 29 heavy (non-hydrogen) atoms. The number of benzene rings is 1. The van der Waals surface area contributed by atoms with Gasteiger partial charge in [0.25, 0.3) is 0 Å². The average Bonchev–Trinajstić information content (AvgIpc) is 3.35. The first-order valence-corrected chi connectivity index (χ1v) is 9.21. The standard InChI is InChI=1S/C20H25FN6O.HI/c1-4-22-19(24-13-20(2,3)14-7-5-8-15(21)11-14)23-12-17-25-18(27-26-17)16-9-6-10-28-16;/h5-11H,4,12-13H2,1-3H3,(H2,22,23,24)(H,25,26,27);1H. The zero-order valence-electron chi connectivity index (χ0n) is 16.7. The molecule has 0 aliphatic rings. The zero-order valence-corrected chi connectivity index (χ0v) is 19.0. The van der Waals surface area contributed by atoms with Crippen molar-refractivity contribution >= 4 is 29.9 Å². The van der Waals surface area contributed by atoms with E-state index in [1.807, 2.05) is 13.0 Å². The van der Waals surface area contributed by atoms with Crippen molar-refractivity contribution in [3.63, 3.8) is 0 Å². The van der Waals surface area contributed by atoms with E-state index in [9.17, 15) is 4.39 Å². The summed E-state index contributed by atoms with van der Waals surface area (Å²) >= 11 is 0. The van der Waals surface area contributed by atoms with Crippen LogP contribution >= 0.6 is 24.0 Å². The molecular formula is C20H26FIN6O. The van der Waals surface area contributed by atoms with Gasteiger partial charge in [-0.25, -0.2) is 14.4 Å². The predicted molar refractivity (Wildman–Crippen MR) is 122 cm³/mol. The molecule has 0 radical (unpaired) electrons. The van der Waals surface area contributed by atoms with Crippen LogP contribution in [-0.2, 0) is 12.0 Å². The molecule has 0 aliphatic heterocycles. The molecule has 7 nitrogen and oxygen atoms in total. The topological polar surface area (TPSA) is 91.1 Å². The van der Waals surface area contributed by atoms with E-state index >= 15 is 0 Å². The number of aliphatic imine (C=N–C) groups is 1. The van der Waals surface area contributed by atoms with Crippen molar-refractivity contribution < 1.29 is 8.81 Å². The number of furan rings is 1. The maximum atomic E-state index is 13.5. The van der Waals surface area contributed by atoms with Crippen molar-refractivity contribution in [2.45, 2.75) is 32.7 Å². The maximum Gasteiger partial charge on any atom is 0.216 e. The number of halogens is 2. The summed E-state index contributed by atoms with van der Waals surface area (Å²) in [6, 6.07) is 10.3. The minimum absolute atomic E-state index is 0. The number of hydrogen-bond acceptors (Lipinski definition) is 4. The SMILES string of the molecule is CCNC(=NCc1nc(-c2ccco2)n[nH]1)NCC(C)(C)c1cccc(F)c1.I. The van der Waals surface area contributed by atoms with Crippen molar-refractivity contribution in [3.8, 4) is 11.6 Å². The number of nitrogens with one attached hydrogen (secondary N) is 3. The summed E-state index contributed by atoms with van der Waals surface area (Å²) in [6.07, 6.45) is 1.58. The molecule has 0 spiro atoms. The van der Waals surface area contributed by atoms with Gasteiger partial charge in [-0.1, -0.05) is 26.0 Å². The Balaban J connectivity index is 0.00000300. The molecule has 0 bridgehead atoms. The van der Waals surface area contributed by atoms with Crippen LogP contribution in [-0.4, -0.2) is 34.2 Å². The number of hydrogen-bond donors (Lipinski definition) is 3. The van der Waals surface area contributed by atoms with Crippen molar-refractivity contribution in [1.29, 1.82) is 0 Å². The Labute approximate surface area is 186 Å². The van der Waals surface area contributed by atoms with Gasteiger partial charge in [0.1, 0.15) is 18.2 Å². The van der Waals surface area contributed by atoms with Crippen molar-refractivity contribution in [3.05, 3.63) is 59.9 Å². The fourth-order valence-corrected chi connectivity index (χ4v) is 2.69. The highest BCUT2D eigenvalue weighted by atomic mass is 127. The van der Waals surface area contributed by atoms with Gasteiger partial charge in [-0.15, -0.1) is 29.1 Å². The number of nitrogens with zero attached hydrogens (tertiary/aromatic N) is 3. The summed E-state index contributed by atoms with van der Waals surface area (Å²) in [4.78, 5) is 8.93. The van der Waals surface area contributed by atoms with Crippen LogP contribution in [0, 0.1) is 5.82 Å². The van der Waals surface area contributed by atoms with Crippen LogP contribution in [0.25, 0.3) is 11.6 Å². The Kier molecular flexibility index (Phi) is 8.18. The van der Waals surface area contributed by atoms with Gasteiger partial charge in [-0.2, -0.15) is 0 Å². The van der Waals surface area contributed by atoms with E-state index in [2.05, 4.69) is 44.7 Å². The Morgan fingerprint density at radius 1 is 1.24 bits per heavy atom. The molecule has 3 N–H and O–H groups in total. The molecule has 1 aromatic carbocycles. The number of guanidine groups is 1. The number of aromatic amines is 1. The van der Waals surface area contributed by atoms with Crippen molar-refractivity contribution in [2.24, 2.45) is 4.99 Å². The van der Waals surface area contributed by atoms with Gasteiger partial charge < -0.3 is 15.1 Å². The molecule has 0 atom stereocenters. The van der Waals surface area contributed by atoms with Crippen molar-refractivity contribution in [1.82, 2.24) is 25.8 Å². The van der Waals surface area contributed by atoms with Crippen LogP contribution < -0.4 is 10.6 Å². The molecule has 0 fully saturated rings. The number of rotatable bonds is 7. The van der Waals surface area contributed by atoms with Crippen LogP contribution in [0.3, 0.4) is 0 Å². The lowest BCUT2D eigenvalue weighted by molar-refractivity contribution is 0.503. The van der Waals surface area contributed by atoms with Gasteiger partial charge >= 0.3 is 0 Å². The summed E-state index contributed by atoms with van der Waals surface area (Å²) in [6.45, 7) is 7.77. The summed E-state index contributed by atoms with van der Waals surface area (Å²) in [5, 5.41) is 13.5. The third-order valence-corrected chi connectivity index (χ3v) is 4.31. The predicted octanol–water partition coefficient (Wildman–Crippen LogP) is 3.85. The van der Waals surface area contributed by atoms with Gasteiger partial charge in [0.2, 0.25) is 5.82 Å². The molecule has 0 unspecified atom stereocenters. The molecule has 0 aliphatic carbocycles. The van der Waals surface area contributed by atoms with Crippen LogP contribution in [0.4, 0.5) is 4.39 Å². The van der Waals surface area contributed by atoms with Gasteiger partial charge in [0.15, 0.2) is 11.7 Å². The van der Waals surface area contributed by atoms with E-state index in [0.717, 1.165) is 12.1 Å². The van der Waals surface area contributed by atoms with E-state index in [4.69, 9.17) is 4.42 Å². The molecule has 3 rings (SSSR count). The number of H-pyrrole nitrogens is 1. The second-order valence-corrected chi connectivity index (χ2v) is 7.03. The highest BCUT2D eigenvalue weighted by molar-refractivity contribution is 14.0. The lowest BCUT2D eigenvalue weighted by Gasteiger charge is -2.26. The Morgan fingerprint density at radius 2 is 2.07 bits per heavy atom. The van der Waals surface area contributed by atoms with Gasteiger partial charge in [0, 0.05) is 18.5 Å². The normalized spacial score (nSPS) is 11.8. The first-order chi connectivity index (χ1) is 13.5. The van der Waals surface area contributed by atoms with E-state index in [1.54, 1.807) is 30.5 Å². The molecule has 3 aromatic rings. The first-order valence-electron chi connectivity index (χ1n) is 9.21. The third-order valence-electron chi connectivity index (χ3n) is 4.31. The third kappa shape index (κ3) is 6.28. The minimum atomic E-state index is -0.267. The molecule has 0 saturated heterocycles. The van der Waals surface area contributed by atoms with Crippen LogP contribution in [0.2, 0.25) is 0 Å². The van der Waals surface area contributed by atoms with Crippen LogP contribution in [0.1, 0.15) is 32.2 Å². The maximum absolute atomic E-state index is 13.5. The quantitative estimate of drug-likeness (QED) is 0.254. The van der Waals surface area contributed by atoms with Crippen LogP contribution in [0.15, 0.2) is 52.1 Å². The van der Waals surface area contributed by atoms with E-state index in [-0.39, 0.29) is 35.2 Å². The molecule has 2 heterocycles. The Morgan fingerprint density at radius 3 is 2.76 bits per heavy atom. The molecule has 0 saturated carbocycles. The zero-order chi connectivity index (χ0) is 20.0. The Hall–Kier alpha value is -2.43. The molecular weight excluding hydrogens is 486 g/mol. The van der Waals surface area contributed by atoms with E-state index < -0.39 is 0 Å². The van der Waals surface area contributed by atoms with Gasteiger partial charge in [-0.3, -0.25) is 5.10 Å². The average molecular weight is 512 g/mol. The van der Waals surface area contributed by atoms with Gasteiger partial charge in [-0.05, 0) is 36.8 Å². The highest BCUT2D eigenvalue weighted by Gasteiger charge is 2.21. The monoisotopic (exact) mass is 512 g/mol. The largest absolute Gasteiger partial charge is 0.461 e. The summed E-state index contributed by atoms with van der Waals surface area (Å²) in [5.41, 5.74) is 0.658. The molecule has 2 aromatic heterocycles. The molecule has 9 heteroatoms. The minimum Gasteiger partial charge on any atom is -0.461 e. The van der Waals surface area contributed by atoms with Gasteiger partial charge in [0.05, 0.1) is 6.26 Å². The lowest BCUT2D eigenvalue weighted by Crippen LogP contribution is -2.43. The smallest absolute Gasteiger partial charge is 0.216 e. The van der Waals surface area contributed by atoms with Crippen molar-refractivity contribution in [2.75, 3.05) is 13.1 Å². The molecule has 156 valence electrons. The summed E-state index contributed by atoms with van der Waals surface area (Å²) in [5.74, 6) is 2.16. The molecule has 0 amide bonds. The lowest BCUT2D eigenvalue weighted by atomic mass is 9.84. The fraction of sp³-hybridized carbons (Fsp3) is 0.350. The van der Waals surface area contributed by atoms with E-state index in [0.29, 0.717) is 36.5 Å². The fourth-order valence-electron chi connectivity index (χ4n) is 2.69. The highest BCUT2D eigenvalue weighted by Crippen LogP contribution is 2.22. The number of aromatic nitrogens is 3. The summed E-state index contributed by atoms with van der Waals surface area (Å²) < 4.78 is 18.8. The second kappa shape index (κ2) is 10.4. The van der Waals surface area contributed by atoms with E-state index in [1.165, 1.54) is 6.07 Å². The Bertz CT molecular complexity index is 923. The second-order valence-electron chi connectivity index (χ2n) is 7.03. The first kappa shape index (κ1) is 22.9. The summed E-state index contributed by atoms with van der Waals surface area (Å²) in [7, 11) is 0. The van der Waals surface area contributed by atoms with Crippen LogP contribution in [0.5, 0.6) is 0 Å².